The number of aromatic nitrogens is 1. The molecular weight excluding hydrogens is 396 g/mol. The fraction of sp³-hybridized carbons (Fsp3) is 0.208. The van der Waals surface area contributed by atoms with Crippen molar-refractivity contribution in [2.45, 2.75) is 19.4 Å². The molecule has 2 heterocycles. The number of carbonyl (C=O) groups is 2. The normalized spacial score (nSPS) is 13.3. The molecule has 1 amide bonds. The minimum Gasteiger partial charge on any atom is -0.493 e. The lowest BCUT2D eigenvalue weighted by molar-refractivity contribution is -0.126. The Morgan fingerprint density at radius 2 is 1.74 bits per heavy atom. The van der Waals surface area contributed by atoms with Gasteiger partial charge in [-0.15, -0.1) is 0 Å². The molecule has 31 heavy (non-hydrogen) atoms. The zero-order chi connectivity index (χ0) is 21.8. The molecule has 7 heteroatoms. The second-order valence-corrected chi connectivity index (χ2v) is 7.05. The number of fused-ring (bicyclic) bond motifs is 1. The highest BCUT2D eigenvalue weighted by atomic mass is 16.5. The van der Waals surface area contributed by atoms with Crippen molar-refractivity contribution in [2.24, 2.45) is 0 Å². The third-order valence-electron chi connectivity index (χ3n) is 5.03. The number of hydrogen-bond acceptors (Lipinski definition) is 6. The predicted octanol–water partition coefficient (Wildman–Crippen LogP) is 4.02. The van der Waals surface area contributed by atoms with E-state index in [0.29, 0.717) is 23.8 Å². The maximum atomic E-state index is 12.8. The number of methoxy groups -OCH3 is 1. The molecule has 0 saturated heterocycles. The fourth-order valence-electron chi connectivity index (χ4n) is 3.45. The third-order valence-corrected chi connectivity index (χ3v) is 5.03. The van der Waals surface area contributed by atoms with Crippen LogP contribution in [-0.4, -0.2) is 36.6 Å². The smallest absolute Gasteiger partial charge is 0.357 e. The van der Waals surface area contributed by atoms with Gasteiger partial charge in [0.25, 0.3) is 5.91 Å². The highest BCUT2D eigenvalue weighted by molar-refractivity contribution is 6.00. The van der Waals surface area contributed by atoms with Crippen molar-refractivity contribution in [3.8, 4) is 17.2 Å². The lowest BCUT2D eigenvalue weighted by Gasteiger charge is -2.21. The average molecular weight is 418 g/mol. The van der Waals surface area contributed by atoms with E-state index in [1.807, 2.05) is 36.4 Å². The van der Waals surface area contributed by atoms with Crippen LogP contribution in [0.4, 0.5) is 5.69 Å². The molecule has 4 rings (SSSR count). The molecule has 1 atom stereocenters. The van der Waals surface area contributed by atoms with Crippen molar-refractivity contribution in [3.05, 3.63) is 78.1 Å². The Kier molecular flexibility index (Phi) is 5.84. The SMILES string of the molecule is COc1ccccc1Oc1ccc(C(=O)OC(C)C(=O)N2CCc3ccccc32)nc1. The maximum Gasteiger partial charge on any atom is 0.357 e. The number of pyridine rings is 1. The molecule has 0 fully saturated rings. The lowest BCUT2D eigenvalue weighted by Crippen LogP contribution is -2.39. The number of rotatable bonds is 6. The van der Waals surface area contributed by atoms with Gasteiger partial charge in [-0.25, -0.2) is 9.78 Å². The quantitative estimate of drug-likeness (QED) is 0.563. The summed E-state index contributed by atoms with van der Waals surface area (Å²) < 4.78 is 16.4. The second-order valence-electron chi connectivity index (χ2n) is 7.05. The Bertz CT molecular complexity index is 1100. The van der Waals surface area contributed by atoms with Crippen molar-refractivity contribution in [1.82, 2.24) is 4.98 Å². The number of carbonyl (C=O) groups excluding carboxylic acids is 2. The molecule has 0 saturated carbocycles. The minimum atomic E-state index is -0.926. The molecule has 0 aliphatic carbocycles. The molecule has 3 aromatic rings. The molecule has 0 spiro atoms. The Morgan fingerprint density at radius 3 is 2.48 bits per heavy atom. The van der Waals surface area contributed by atoms with Crippen molar-refractivity contribution in [2.75, 3.05) is 18.6 Å². The second kappa shape index (κ2) is 8.87. The first-order valence-electron chi connectivity index (χ1n) is 9.94. The first kappa shape index (κ1) is 20.4. The monoisotopic (exact) mass is 418 g/mol. The Balaban J connectivity index is 1.39. The minimum absolute atomic E-state index is 0.0915. The molecule has 0 radical (unpaired) electrons. The standard InChI is InChI=1S/C24H22N2O5/c1-16(23(27)26-14-13-17-7-3-4-8-20(17)26)30-24(28)19-12-11-18(15-25-19)31-22-10-6-5-9-21(22)29-2/h3-12,15-16H,13-14H2,1-2H3. The molecule has 1 aliphatic rings. The van der Waals surface area contributed by atoms with Crippen LogP contribution in [0.25, 0.3) is 0 Å². The highest BCUT2D eigenvalue weighted by Gasteiger charge is 2.30. The highest BCUT2D eigenvalue weighted by Crippen LogP contribution is 2.31. The molecule has 1 aliphatic heterocycles. The van der Waals surface area contributed by atoms with Gasteiger partial charge in [0, 0.05) is 12.2 Å². The number of amides is 1. The molecule has 1 unspecified atom stereocenters. The number of esters is 1. The van der Waals surface area contributed by atoms with Crippen molar-refractivity contribution >= 4 is 17.6 Å². The molecule has 7 nitrogen and oxygen atoms in total. The summed E-state index contributed by atoms with van der Waals surface area (Å²) >= 11 is 0. The van der Waals surface area contributed by atoms with Gasteiger partial charge in [-0.05, 0) is 49.2 Å². The summed E-state index contributed by atoms with van der Waals surface area (Å²) in [6, 6.07) is 18.1. The summed E-state index contributed by atoms with van der Waals surface area (Å²) in [6.45, 7) is 2.15. The van der Waals surface area contributed by atoms with Gasteiger partial charge in [0.1, 0.15) is 11.4 Å². The third kappa shape index (κ3) is 4.35. The first-order chi connectivity index (χ1) is 15.1. The van der Waals surface area contributed by atoms with E-state index in [1.54, 1.807) is 37.1 Å². The van der Waals surface area contributed by atoms with Crippen LogP contribution in [0.3, 0.4) is 0 Å². The molecule has 1 aromatic heterocycles. The van der Waals surface area contributed by atoms with Gasteiger partial charge < -0.3 is 19.1 Å². The average Bonchev–Trinajstić information content (AvgIpc) is 3.23. The van der Waals surface area contributed by atoms with Gasteiger partial charge in [0.05, 0.1) is 13.3 Å². The van der Waals surface area contributed by atoms with Crippen LogP contribution in [0, 0.1) is 0 Å². The molecule has 0 N–H and O–H groups in total. The van der Waals surface area contributed by atoms with Crippen LogP contribution in [0.15, 0.2) is 66.9 Å². The number of benzene rings is 2. The van der Waals surface area contributed by atoms with Crippen LogP contribution in [0.2, 0.25) is 0 Å². The van der Waals surface area contributed by atoms with Crippen LogP contribution < -0.4 is 14.4 Å². The van der Waals surface area contributed by atoms with E-state index in [2.05, 4.69) is 4.98 Å². The molecule has 0 bridgehead atoms. The molecule has 158 valence electrons. The molecular formula is C24H22N2O5. The summed E-state index contributed by atoms with van der Waals surface area (Å²) in [7, 11) is 1.56. The van der Waals surface area contributed by atoms with Gasteiger partial charge in [0.15, 0.2) is 17.6 Å². The van der Waals surface area contributed by atoms with E-state index in [9.17, 15) is 9.59 Å². The number of hydrogen-bond donors (Lipinski definition) is 0. The van der Waals surface area contributed by atoms with E-state index in [-0.39, 0.29) is 11.6 Å². The summed E-state index contributed by atoms with van der Waals surface area (Å²) in [5.74, 6) is 0.638. The lowest BCUT2D eigenvalue weighted by atomic mass is 10.2. The fourth-order valence-corrected chi connectivity index (χ4v) is 3.45. The van der Waals surface area contributed by atoms with Gasteiger partial charge >= 0.3 is 5.97 Å². The van der Waals surface area contributed by atoms with Crippen LogP contribution in [-0.2, 0) is 16.0 Å². The Hall–Kier alpha value is -3.87. The van der Waals surface area contributed by atoms with Crippen LogP contribution in [0.5, 0.6) is 17.2 Å². The topological polar surface area (TPSA) is 78.0 Å². The van der Waals surface area contributed by atoms with E-state index >= 15 is 0 Å². The zero-order valence-corrected chi connectivity index (χ0v) is 17.3. The maximum absolute atomic E-state index is 12.8. The van der Waals surface area contributed by atoms with Crippen molar-refractivity contribution < 1.29 is 23.8 Å². The van der Waals surface area contributed by atoms with Gasteiger partial charge in [-0.3, -0.25) is 4.79 Å². The Morgan fingerprint density at radius 1 is 1.00 bits per heavy atom. The zero-order valence-electron chi connectivity index (χ0n) is 17.3. The Labute approximate surface area is 180 Å². The summed E-state index contributed by atoms with van der Waals surface area (Å²) in [4.78, 5) is 31.0. The largest absolute Gasteiger partial charge is 0.493 e. The first-order valence-corrected chi connectivity index (χ1v) is 9.94. The summed E-state index contributed by atoms with van der Waals surface area (Å²) in [5, 5.41) is 0. The predicted molar refractivity (Wildman–Crippen MR) is 115 cm³/mol. The van der Waals surface area contributed by atoms with E-state index in [0.717, 1.165) is 17.7 Å². The number of anilines is 1. The summed E-state index contributed by atoms with van der Waals surface area (Å²) in [6.07, 6.45) is 1.29. The summed E-state index contributed by atoms with van der Waals surface area (Å²) in [5.41, 5.74) is 2.07. The van der Waals surface area contributed by atoms with Crippen molar-refractivity contribution in [1.29, 1.82) is 0 Å². The molecule has 2 aromatic carbocycles. The number of ether oxygens (including phenoxy) is 3. The number of para-hydroxylation sites is 3. The van der Waals surface area contributed by atoms with Gasteiger partial charge in [0.2, 0.25) is 0 Å². The van der Waals surface area contributed by atoms with Crippen LogP contribution in [0.1, 0.15) is 23.0 Å². The van der Waals surface area contributed by atoms with Crippen molar-refractivity contribution in [3.63, 3.8) is 0 Å². The van der Waals surface area contributed by atoms with Gasteiger partial charge in [-0.1, -0.05) is 30.3 Å². The van der Waals surface area contributed by atoms with E-state index in [4.69, 9.17) is 14.2 Å². The van der Waals surface area contributed by atoms with Crippen LogP contribution >= 0.6 is 0 Å². The van der Waals surface area contributed by atoms with E-state index < -0.39 is 12.1 Å². The van der Waals surface area contributed by atoms with E-state index in [1.165, 1.54) is 12.3 Å². The number of nitrogens with zero attached hydrogens (tertiary/aromatic N) is 2. The van der Waals surface area contributed by atoms with Gasteiger partial charge in [-0.2, -0.15) is 0 Å².